The van der Waals surface area contributed by atoms with Crippen LogP contribution in [0.4, 0.5) is 0 Å². The van der Waals surface area contributed by atoms with Gasteiger partial charge in [0.2, 0.25) is 0 Å². The van der Waals surface area contributed by atoms with Crippen LogP contribution in [-0.4, -0.2) is 40.2 Å². The molecular formula is C37H47IO9. The maximum absolute atomic E-state index is 14.4. The molecule has 6 aliphatic rings. The van der Waals surface area contributed by atoms with Gasteiger partial charge in [0.15, 0.2) is 0 Å². The number of aromatic hydroxyl groups is 1. The summed E-state index contributed by atoms with van der Waals surface area (Å²) in [5.74, 6) is -0.981. The van der Waals surface area contributed by atoms with Gasteiger partial charge in [0.25, 0.3) is 0 Å². The molecule has 1 aromatic rings. The van der Waals surface area contributed by atoms with Crippen molar-refractivity contribution in [3.63, 3.8) is 0 Å². The van der Waals surface area contributed by atoms with Crippen LogP contribution in [0.15, 0.2) is 48.6 Å². The average Bonchev–Trinajstić information content (AvgIpc) is 2.99. The van der Waals surface area contributed by atoms with Gasteiger partial charge >= 0.3 is 286 Å². The van der Waals surface area contributed by atoms with E-state index >= 15 is 0 Å². The third-order valence-electron chi connectivity index (χ3n) is 11.3. The Hall–Kier alpha value is -2.89. The molecule has 0 amide bonds. The molecule has 6 aliphatic carbocycles. The zero-order valence-corrected chi connectivity index (χ0v) is 29.9. The molecule has 6 fully saturated rings. The van der Waals surface area contributed by atoms with Crippen LogP contribution in [0.25, 0.3) is 0 Å². The van der Waals surface area contributed by atoms with Crippen LogP contribution in [-0.2, 0) is 34.8 Å². The van der Waals surface area contributed by atoms with E-state index in [0.717, 1.165) is 25.7 Å². The van der Waals surface area contributed by atoms with Gasteiger partial charge in [-0.15, -0.1) is 0 Å². The van der Waals surface area contributed by atoms with Crippen LogP contribution in [0.1, 0.15) is 104 Å². The Labute approximate surface area is 285 Å². The minimum absolute atomic E-state index is 0.0534. The Morgan fingerprint density at radius 1 is 0.787 bits per heavy atom. The minimum atomic E-state index is -3.44. The van der Waals surface area contributed by atoms with E-state index in [1.54, 1.807) is 26.0 Å². The Balaban J connectivity index is 1.27. The molecule has 1 N–H and O–H groups in total. The zero-order valence-electron chi connectivity index (χ0n) is 27.7. The molecule has 6 bridgehead atoms. The van der Waals surface area contributed by atoms with Crippen molar-refractivity contribution in [1.82, 2.24) is 0 Å². The second kappa shape index (κ2) is 12.5. The summed E-state index contributed by atoms with van der Waals surface area (Å²) in [6.45, 7) is 12.9. The third kappa shape index (κ3) is 6.59. The van der Waals surface area contributed by atoms with Gasteiger partial charge in [-0.1, -0.05) is 0 Å². The Kier molecular flexibility index (Phi) is 9.06. The van der Waals surface area contributed by atoms with Gasteiger partial charge in [-0.05, 0) is 0 Å². The van der Waals surface area contributed by atoms with E-state index in [0.29, 0.717) is 72.5 Å². The number of ether oxygens (including phenoxy) is 2. The SMILES string of the molecule is C=C(C)C(=O)OC12CCCC(C(=O)OI(OC(=O)C34CC5CC(CC(OC(=O)C(=C)C)(C5)C3)C4)c3ccc(O)cc3)(CC(CC)C1)C2. The number of esters is 2. The molecule has 0 aromatic heterocycles. The van der Waals surface area contributed by atoms with E-state index in [1.165, 1.54) is 12.1 Å². The molecule has 6 saturated carbocycles. The molecule has 1 aromatic carbocycles. The maximum atomic E-state index is 14.4. The molecule has 0 aliphatic heterocycles. The number of phenolic OH excluding ortho intramolecular Hbond substituents is 1. The first-order valence-electron chi connectivity index (χ1n) is 16.9. The quantitative estimate of drug-likeness (QED) is 0.145. The monoisotopic (exact) mass is 762 g/mol. The summed E-state index contributed by atoms with van der Waals surface area (Å²) in [5.41, 5.74) is -2.53. The number of hydrogen-bond donors (Lipinski definition) is 1. The molecule has 5 atom stereocenters. The molecule has 47 heavy (non-hydrogen) atoms. The van der Waals surface area contributed by atoms with E-state index in [1.807, 2.05) is 0 Å². The number of benzene rings is 1. The van der Waals surface area contributed by atoms with Crippen molar-refractivity contribution < 1.29 is 39.9 Å². The van der Waals surface area contributed by atoms with Crippen molar-refractivity contribution in [2.75, 3.05) is 0 Å². The standard InChI is InChI=1S/C37H47IO9/c1-6-25-15-34(12-7-13-36(18-25,21-34)44-30(40)23(2)3)32(42)46-38(28-8-10-29(39)11-9-28)47-33(43)35-16-26-14-27(17-35)20-37(19-26,22-35)45-31(41)24(4)5/h8-11,25-27,39H,2,4,6-7,12-22H2,1,3,5H3. The van der Waals surface area contributed by atoms with Crippen LogP contribution in [0.2, 0.25) is 0 Å². The number of phenols is 1. The van der Waals surface area contributed by atoms with Crippen molar-refractivity contribution in [3.8, 4) is 5.75 Å². The van der Waals surface area contributed by atoms with Crippen LogP contribution in [0.3, 0.4) is 0 Å². The summed E-state index contributed by atoms with van der Waals surface area (Å²) >= 11 is -3.44. The predicted molar refractivity (Wildman–Crippen MR) is 181 cm³/mol. The fourth-order valence-corrected chi connectivity index (χ4v) is 13.0. The van der Waals surface area contributed by atoms with Crippen molar-refractivity contribution >= 4 is 44.5 Å². The average molecular weight is 763 g/mol. The number of hydrogen-bond acceptors (Lipinski definition) is 9. The van der Waals surface area contributed by atoms with Gasteiger partial charge in [-0.2, -0.15) is 0 Å². The van der Waals surface area contributed by atoms with E-state index in [-0.39, 0.29) is 23.5 Å². The van der Waals surface area contributed by atoms with Crippen LogP contribution >= 0.6 is 20.6 Å². The topological polar surface area (TPSA) is 125 Å². The predicted octanol–water partition coefficient (Wildman–Crippen LogP) is 7.68. The molecule has 9 nitrogen and oxygen atoms in total. The number of carbonyl (C=O) groups is 4. The summed E-state index contributed by atoms with van der Waals surface area (Å²) < 4.78 is 25.5. The van der Waals surface area contributed by atoms with E-state index in [4.69, 9.17) is 15.6 Å². The molecule has 0 saturated heterocycles. The molecule has 0 spiro atoms. The van der Waals surface area contributed by atoms with Gasteiger partial charge in [0.05, 0.1) is 0 Å². The number of rotatable bonds is 10. The van der Waals surface area contributed by atoms with Crippen LogP contribution in [0.5, 0.6) is 5.75 Å². The van der Waals surface area contributed by atoms with E-state index < -0.39 is 66.6 Å². The first-order valence-corrected chi connectivity index (χ1v) is 19.8. The van der Waals surface area contributed by atoms with Gasteiger partial charge in [0, 0.05) is 0 Å². The second-order valence-electron chi connectivity index (χ2n) is 15.4. The van der Waals surface area contributed by atoms with E-state index in [2.05, 4.69) is 20.1 Å². The van der Waals surface area contributed by atoms with Gasteiger partial charge in [0.1, 0.15) is 0 Å². The molecule has 5 unspecified atom stereocenters. The van der Waals surface area contributed by atoms with Crippen LogP contribution in [0, 0.1) is 32.2 Å². The number of fused-ring (bicyclic) bond motifs is 2. The fourth-order valence-electron chi connectivity index (χ4n) is 9.76. The first-order chi connectivity index (χ1) is 22.2. The summed E-state index contributed by atoms with van der Waals surface area (Å²) in [6.07, 6.45) is 8.64. The number of halogens is 1. The van der Waals surface area contributed by atoms with Crippen LogP contribution < -0.4 is 0 Å². The third-order valence-corrected chi connectivity index (χ3v) is 14.7. The van der Waals surface area contributed by atoms with Crippen molar-refractivity contribution in [2.24, 2.45) is 28.6 Å². The summed E-state index contributed by atoms with van der Waals surface area (Å²) in [4.78, 5) is 54.2. The van der Waals surface area contributed by atoms with Crippen molar-refractivity contribution in [3.05, 3.63) is 52.1 Å². The van der Waals surface area contributed by atoms with Crippen molar-refractivity contribution in [1.29, 1.82) is 0 Å². The van der Waals surface area contributed by atoms with Crippen molar-refractivity contribution in [2.45, 2.75) is 115 Å². The zero-order chi connectivity index (χ0) is 33.8. The molecular weight excluding hydrogens is 715 g/mol. The normalized spacial score (nSPS) is 35.3. The molecule has 256 valence electrons. The Morgan fingerprint density at radius 3 is 1.91 bits per heavy atom. The van der Waals surface area contributed by atoms with Gasteiger partial charge in [-0.25, -0.2) is 0 Å². The first kappa shape index (κ1) is 34.0. The number of carbonyl (C=O) groups excluding carboxylic acids is 4. The summed E-state index contributed by atoms with van der Waals surface area (Å²) in [6, 6.07) is 6.33. The fraction of sp³-hybridized carbons (Fsp3) is 0.622. The summed E-state index contributed by atoms with van der Waals surface area (Å²) in [7, 11) is 0. The van der Waals surface area contributed by atoms with Gasteiger partial charge < -0.3 is 0 Å². The molecule has 10 heteroatoms. The van der Waals surface area contributed by atoms with Gasteiger partial charge in [-0.3, -0.25) is 0 Å². The molecule has 0 radical (unpaired) electrons. The Morgan fingerprint density at radius 2 is 1.34 bits per heavy atom. The second-order valence-corrected chi connectivity index (χ2v) is 18.7. The Bertz CT molecular complexity index is 1470. The molecule has 7 rings (SSSR count). The molecule has 0 heterocycles. The summed E-state index contributed by atoms with van der Waals surface area (Å²) in [5, 5.41) is 10.0. The van der Waals surface area contributed by atoms with E-state index in [9.17, 15) is 24.3 Å².